The first-order valence-corrected chi connectivity index (χ1v) is 5.60. The van der Waals surface area contributed by atoms with Crippen LogP contribution in [0, 0.1) is 13.8 Å². The number of fused-ring (bicyclic) bond motifs is 1. The number of benzene rings is 1. The van der Waals surface area contributed by atoms with Crippen molar-refractivity contribution in [1.29, 1.82) is 0 Å². The summed E-state index contributed by atoms with van der Waals surface area (Å²) in [6.07, 6.45) is 1.51. The van der Waals surface area contributed by atoms with Gasteiger partial charge in [0.15, 0.2) is 0 Å². The lowest BCUT2D eigenvalue weighted by Crippen LogP contribution is -2.02. The van der Waals surface area contributed by atoms with Gasteiger partial charge in [0, 0.05) is 5.39 Å². The van der Waals surface area contributed by atoms with E-state index in [9.17, 15) is 4.79 Å². The Morgan fingerprint density at radius 3 is 2.72 bits per heavy atom. The molecule has 0 aliphatic carbocycles. The molecule has 0 bridgehead atoms. The van der Waals surface area contributed by atoms with Crippen molar-refractivity contribution in [2.75, 3.05) is 0 Å². The first-order valence-electron chi connectivity index (χ1n) is 5.60. The summed E-state index contributed by atoms with van der Waals surface area (Å²) in [5, 5.41) is 0.853. The van der Waals surface area contributed by atoms with Gasteiger partial charge >= 0.3 is 5.63 Å². The summed E-state index contributed by atoms with van der Waals surface area (Å²) in [6, 6.07) is 7.45. The Morgan fingerprint density at radius 2 is 2.00 bits per heavy atom. The van der Waals surface area contributed by atoms with Gasteiger partial charge in [0.05, 0.1) is 5.69 Å². The molecule has 90 valence electrons. The van der Waals surface area contributed by atoms with Gasteiger partial charge in [0.2, 0.25) is 5.89 Å². The second-order valence-electron chi connectivity index (χ2n) is 4.28. The third-order valence-electron chi connectivity index (χ3n) is 2.74. The van der Waals surface area contributed by atoms with E-state index in [-0.39, 0.29) is 0 Å². The number of hydrogen-bond acceptors (Lipinski definition) is 4. The van der Waals surface area contributed by atoms with E-state index in [2.05, 4.69) is 4.98 Å². The summed E-state index contributed by atoms with van der Waals surface area (Å²) in [7, 11) is 0. The van der Waals surface area contributed by atoms with Crippen molar-refractivity contribution in [2.45, 2.75) is 13.8 Å². The van der Waals surface area contributed by atoms with Crippen LogP contribution in [0.2, 0.25) is 0 Å². The molecule has 4 nitrogen and oxygen atoms in total. The second-order valence-corrected chi connectivity index (χ2v) is 4.28. The Morgan fingerprint density at radius 1 is 1.17 bits per heavy atom. The zero-order valence-corrected chi connectivity index (χ0v) is 10.1. The van der Waals surface area contributed by atoms with Gasteiger partial charge in [-0.05, 0) is 31.5 Å². The molecule has 0 N–H and O–H groups in total. The highest BCUT2D eigenvalue weighted by atomic mass is 16.4. The third-order valence-corrected chi connectivity index (χ3v) is 2.74. The van der Waals surface area contributed by atoms with Crippen molar-refractivity contribution in [3.8, 4) is 11.5 Å². The summed E-state index contributed by atoms with van der Waals surface area (Å²) in [5.74, 6) is 0.295. The maximum absolute atomic E-state index is 11.9. The third kappa shape index (κ3) is 1.72. The normalized spacial score (nSPS) is 11.0. The van der Waals surface area contributed by atoms with E-state index in [0.29, 0.717) is 17.0 Å². The molecule has 0 amide bonds. The fourth-order valence-electron chi connectivity index (χ4n) is 1.85. The summed E-state index contributed by atoms with van der Waals surface area (Å²) in [4.78, 5) is 16.0. The van der Waals surface area contributed by atoms with Gasteiger partial charge in [0.1, 0.15) is 17.4 Å². The molecule has 0 fully saturated rings. The Balaban J connectivity index is 2.28. The highest BCUT2D eigenvalue weighted by molar-refractivity contribution is 5.80. The van der Waals surface area contributed by atoms with Gasteiger partial charge in [-0.25, -0.2) is 9.78 Å². The molecule has 4 heteroatoms. The van der Waals surface area contributed by atoms with Crippen LogP contribution in [-0.2, 0) is 0 Å². The lowest BCUT2D eigenvalue weighted by atomic mass is 10.1. The number of aromatic nitrogens is 1. The Bertz CT molecular complexity index is 783. The predicted molar refractivity (Wildman–Crippen MR) is 67.5 cm³/mol. The zero-order valence-electron chi connectivity index (χ0n) is 10.1. The van der Waals surface area contributed by atoms with E-state index in [1.165, 1.54) is 6.26 Å². The molecule has 2 aromatic heterocycles. The van der Waals surface area contributed by atoms with E-state index in [4.69, 9.17) is 8.83 Å². The topological polar surface area (TPSA) is 56.2 Å². The van der Waals surface area contributed by atoms with Crippen LogP contribution >= 0.6 is 0 Å². The van der Waals surface area contributed by atoms with Crippen molar-refractivity contribution in [2.24, 2.45) is 0 Å². The lowest BCUT2D eigenvalue weighted by Gasteiger charge is -2.00. The smallest absolute Gasteiger partial charge is 0.349 e. The molecular formula is C14H11NO3. The Kier molecular flexibility index (Phi) is 2.30. The Hall–Kier alpha value is -2.36. The zero-order chi connectivity index (χ0) is 12.7. The summed E-state index contributed by atoms with van der Waals surface area (Å²) >= 11 is 0. The van der Waals surface area contributed by atoms with E-state index >= 15 is 0 Å². The van der Waals surface area contributed by atoms with Gasteiger partial charge < -0.3 is 8.83 Å². The molecule has 0 aliphatic heterocycles. The molecule has 0 atom stereocenters. The van der Waals surface area contributed by atoms with Crippen LogP contribution in [0.15, 0.2) is 44.2 Å². The monoisotopic (exact) mass is 241 g/mol. The summed E-state index contributed by atoms with van der Waals surface area (Å²) in [6.45, 7) is 3.75. The highest BCUT2D eigenvalue weighted by Gasteiger charge is 2.12. The first kappa shape index (κ1) is 10.8. The van der Waals surface area contributed by atoms with Gasteiger partial charge in [-0.15, -0.1) is 0 Å². The van der Waals surface area contributed by atoms with Crippen LogP contribution in [0.5, 0.6) is 0 Å². The summed E-state index contributed by atoms with van der Waals surface area (Å²) < 4.78 is 10.5. The molecule has 0 radical (unpaired) electrons. The van der Waals surface area contributed by atoms with Crippen LogP contribution in [0.1, 0.15) is 11.3 Å². The number of rotatable bonds is 1. The fourth-order valence-corrected chi connectivity index (χ4v) is 1.85. The minimum atomic E-state index is -0.435. The van der Waals surface area contributed by atoms with Crippen LogP contribution in [0.25, 0.3) is 22.4 Å². The van der Waals surface area contributed by atoms with Crippen LogP contribution in [-0.4, -0.2) is 4.98 Å². The van der Waals surface area contributed by atoms with E-state index in [1.807, 2.05) is 25.1 Å². The number of aryl methyl sites for hydroxylation is 2. The highest BCUT2D eigenvalue weighted by Crippen LogP contribution is 2.21. The van der Waals surface area contributed by atoms with Crippen molar-refractivity contribution in [1.82, 2.24) is 4.98 Å². The molecule has 0 spiro atoms. The summed E-state index contributed by atoms with van der Waals surface area (Å²) in [5.41, 5.74) is 2.26. The molecule has 0 aliphatic rings. The minimum Gasteiger partial charge on any atom is -0.444 e. The molecule has 0 unspecified atom stereocenters. The van der Waals surface area contributed by atoms with Crippen LogP contribution in [0.3, 0.4) is 0 Å². The fraction of sp³-hybridized carbons (Fsp3) is 0.143. The van der Waals surface area contributed by atoms with Crippen molar-refractivity contribution in [3.63, 3.8) is 0 Å². The Labute approximate surface area is 103 Å². The molecule has 3 rings (SSSR count). The van der Waals surface area contributed by atoms with Crippen LogP contribution in [0.4, 0.5) is 0 Å². The molecule has 2 heterocycles. The average Bonchev–Trinajstić information content (AvgIpc) is 2.74. The molecule has 18 heavy (non-hydrogen) atoms. The maximum Gasteiger partial charge on any atom is 0.349 e. The quantitative estimate of drug-likeness (QED) is 0.614. The minimum absolute atomic E-state index is 0.295. The van der Waals surface area contributed by atoms with Crippen molar-refractivity contribution in [3.05, 3.63) is 52.2 Å². The first-order chi connectivity index (χ1) is 8.63. The maximum atomic E-state index is 11.9. The molecule has 1 aromatic carbocycles. The van der Waals surface area contributed by atoms with Gasteiger partial charge in [-0.2, -0.15) is 0 Å². The van der Waals surface area contributed by atoms with Crippen LogP contribution < -0.4 is 5.63 Å². The molecule has 0 saturated carbocycles. The number of hydrogen-bond donors (Lipinski definition) is 0. The average molecular weight is 241 g/mol. The van der Waals surface area contributed by atoms with E-state index < -0.39 is 5.63 Å². The number of nitrogens with zero attached hydrogens (tertiary/aromatic N) is 1. The predicted octanol–water partition coefficient (Wildman–Crippen LogP) is 3.06. The second kappa shape index (κ2) is 3.84. The standard InChI is InChI=1S/C14H11NO3/c1-8-3-4-10-6-11(13-15-9(2)7-17-13)14(16)18-12(10)5-8/h3-7H,1-2H3. The molecule has 3 aromatic rings. The number of oxazole rings is 1. The SMILES string of the molecule is Cc1ccc2cc(-c3nc(C)co3)c(=O)oc2c1. The lowest BCUT2D eigenvalue weighted by molar-refractivity contribution is 0.543. The molecular weight excluding hydrogens is 230 g/mol. The van der Waals surface area contributed by atoms with Gasteiger partial charge in [0.25, 0.3) is 0 Å². The van der Waals surface area contributed by atoms with Gasteiger partial charge in [-0.1, -0.05) is 12.1 Å². The van der Waals surface area contributed by atoms with E-state index in [1.54, 1.807) is 13.0 Å². The van der Waals surface area contributed by atoms with Crippen molar-refractivity contribution < 1.29 is 8.83 Å². The van der Waals surface area contributed by atoms with Crippen molar-refractivity contribution >= 4 is 11.0 Å². The molecule has 0 saturated heterocycles. The largest absolute Gasteiger partial charge is 0.444 e. The van der Waals surface area contributed by atoms with E-state index in [0.717, 1.165) is 16.6 Å². The van der Waals surface area contributed by atoms with Gasteiger partial charge in [-0.3, -0.25) is 0 Å².